The number of benzene rings is 1. The zero-order valence-corrected chi connectivity index (χ0v) is 12.1. The molecular formula is C15H17FN2OS. The third-order valence-electron chi connectivity index (χ3n) is 2.72. The number of pyridine rings is 1. The van der Waals surface area contributed by atoms with Gasteiger partial charge < -0.3 is 10.5 Å². The Morgan fingerprint density at radius 2 is 2.05 bits per heavy atom. The molecule has 0 spiro atoms. The summed E-state index contributed by atoms with van der Waals surface area (Å²) in [5.74, 6) is 1.20. The molecule has 0 fully saturated rings. The fourth-order valence-electron chi connectivity index (χ4n) is 1.70. The van der Waals surface area contributed by atoms with Crippen LogP contribution in [0.4, 0.5) is 4.39 Å². The van der Waals surface area contributed by atoms with Crippen molar-refractivity contribution in [1.82, 2.24) is 4.98 Å². The summed E-state index contributed by atoms with van der Waals surface area (Å²) < 4.78 is 18.2. The van der Waals surface area contributed by atoms with Crippen LogP contribution in [-0.2, 0) is 0 Å². The molecule has 106 valence electrons. The van der Waals surface area contributed by atoms with Gasteiger partial charge in [-0.15, -0.1) is 11.8 Å². The van der Waals surface area contributed by atoms with E-state index < -0.39 is 0 Å². The molecule has 20 heavy (non-hydrogen) atoms. The normalized spacial score (nSPS) is 12.2. The van der Waals surface area contributed by atoms with Gasteiger partial charge in [0.05, 0.1) is 12.8 Å². The van der Waals surface area contributed by atoms with Crippen LogP contribution in [0.25, 0.3) is 0 Å². The minimum absolute atomic E-state index is 0.141. The van der Waals surface area contributed by atoms with Gasteiger partial charge in [-0.1, -0.05) is 0 Å². The molecule has 1 aromatic heterocycles. The second kappa shape index (κ2) is 7.26. The first-order valence-electron chi connectivity index (χ1n) is 6.40. The Morgan fingerprint density at radius 3 is 2.75 bits per heavy atom. The Labute approximate surface area is 122 Å². The number of thioether (sulfide) groups is 1. The van der Waals surface area contributed by atoms with Gasteiger partial charge in [0.15, 0.2) is 0 Å². The number of nitrogens with zero attached hydrogens (tertiary/aromatic N) is 1. The molecular weight excluding hydrogens is 275 g/mol. The van der Waals surface area contributed by atoms with Crippen molar-refractivity contribution in [1.29, 1.82) is 0 Å². The van der Waals surface area contributed by atoms with Crippen LogP contribution < -0.4 is 10.5 Å². The summed E-state index contributed by atoms with van der Waals surface area (Å²) in [4.78, 5) is 5.12. The highest BCUT2D eigenvalue weighted by atomic mass is 32.2. The van der Waals surface area contributed by atoms with E-state index in [1.54, 1.807) is 36.3 Å². The highest BCUT2D eigenvalue weighted by molar-refractivity contribution is 7.99. The molecule has 5 heteroatoms. The van der Waals surface area contributed by atoms with E-state index in [2.05, 4.69) is 4.98 Å². The third-order valence-corrected chi connectivity index (χ3v) is 3.85. The van der Waals surface area contributed by atoms with Gasteiger partial charge in [-0.25, -0.2) is 4.39 Å². The van der Waals surface area contributed by atoms with Gasteiger partial charge in [0.1, 0.15) is 11.6 Å². The summed E-state index contributed by atoms with van der Waals surface area (Å²) in [7, 11) is 0. The second-order valence-electron chi connectivity index (χ2n) is 4.26. The van der Waals surface area contributed by atoms with Gasteiger partial charge in [0.2, 0.25) is 0 Å². The topological polar surface area (TPSA) is 48.1 Å². The molecule has 0 saturated heterocycles. The zero-order valence-electron chi connectivity index (χ0n) is 11.3. The quantitative estimate of drug-likeness (QED) is 0.829. The van der Waals surface area contributed by atoms with Crippen molar-refractivity contribution in [2.24, 2.45) is 5.73 Å². The fourth-order valence-corrected chi connectivity index (χ4v) is 2.59. The van der Waals surface area contributed by atoms with E-state index in [-0.39, 0.29) is 11.9 Å². The summed E-state index contributed by atoms with van der Waals surface area (Å²) in [6, 6.07) is 8.17. The lowest BCUT2D eigenvalue weighted by Crippen LogP contribution is -2.13. The van der Waals surface area contributed by atoms with Gasteiger partial charge in [0, 0.05) is 22.9 Å². The van der Waals surface area contributed by atoms with Crippen LogP contribution in [0.3, 0.4) is 0 Å². The third kappa shape index (κ3) is 4.21. The molecule has 0 aliphatic carbocycles. The molecule has 0 amide bonds. The van der Waals surface area contributed by atoms with Crippen molar-refractivity contribution in [3.63, 3.8) is 0 Å². The first-order valence-corrected chi connectivity index (χ1v) is 7.39. The number of ether oxygens (including phenoxy) is 1. The van der Waals surface area contributed by atoms with Crippen LogP contribution in [0.1, 0.15) is 18.5 Å². The highest BCUT2D eigenvalue weighted by Crippen LogP contribution is 2.24. The number of halogens is 1. The monoisotopic (exact) mass is 292 g/mol. The smallest absolute Gasteiger partial charge is 0.137 e. The van der Waals surface area contributed by atoms with Crippen molar-refractivity contribution in [2.45, 2.75) is 17.9 Å². The Hall–Kier alpha value is -1.59. The van der Waals surface area contributed by atoms with Gasteiger partial charge >= 0.3 is 0 Å². The van der Waals surface area contributed by atoms with Crippen molar-refractivity contribution in [2.75, 3.05) is 12.4 Å². The predicted octanol–water partition coefficient (Wildman–Crippen LogP) is 3.41. The SMILES string of the molecule is CCOc1cncc(C(N)CSc2ccc(F)cc2)c1. The van der Waals surface area contributed by atoms with Crippen molar-refractivity contribution in [3.8, 4) is 5.75 Å². The first kappa shape index (κ1) is 14.8. The minimum atomic E-state index is -0.229. The van der Waals surface area contributed by atoms with Crippen molar-refractivity contribution in [3.05, 3.63) is 54.1 Å². The largest absolute Gasteiger partial charge is 0.492 e. The average Bonchev–Trinajstić information content (AvgIpc) is 2.47. The number of aromatic nitrogens is 1. The Balaban J connectivity index is 1.95. The second-order valence-corrected chi connectivity index (χ2v) is 5.35. The molecule has 3 nitrogen and oxygen atoms in total. The van der Waals surface area contributed by atoms with E-state index >= 15 is 0 Å². The summed E-state index contributed by atoms with van der Waals surface area (Å²) in [5, 5.41) is 0. The Morgan fingerprint density at radius 1 is 1.30 bits per heavy atom. The summed E-state index contributed by atoms with van der Waals surface area (Å²) in [6.07, 6.45) is 3.42. The molecule has 0 aliphatic heterocycles. The molecule has 1 atom stereocenters. The van der Waals surface area contributed by atoms with E-state index in [4.69, 9.17) is 10.5 Å². The maximum absolute atomic E-state index is 12.8. The van der Waals surface area contributed by atoms with Crippen molar-refractivity contribution >= 4 is 11.8 Å². The van der Waals surface area contributed by atoms with Crippen LogP contribution in [0.5, 0.6) is 5.75 Å². The van der Waals surface area contributed by atoms with Gasteiger partial charge in [-0.2, -0.15) is 0 Å². The number of hydrogen-bond acceptors (Lipinski definition) is 4. The predicted molar refractivity (Wildman–Crippen MR) is 79.5 cm³/mol. The molecule has 2 N–H and O–H groups in total. The summed E-state index contributed by atoms with van der Waals surface area (Å²) >= 11 is 1.59. The fraction of sp³-hybridized carbons (Fsp3) is 0.267. The first-order chi connectivity index (χ1) is 9.69. The molecule has 1 heterocycles. The Bertz CT molecular complexity index is 548. The molecule has 2 aromatic rings. The van der Waals surface area contributed by atoms with E-state index in [9.17, 15) is 4.39 Å². The molecule has 1 unspecified atom stereocenters. The van der Waals surface area contributed by atoms with Gasteiger partial charge in [-0.3, -0.25) is 4.98 Å². The summed E-state index contributed by atoms with van der Waals surface area (Å²) in [5.41, 5.74) is 7.08. The lowest BCUT2D eigenvalue weighted by molar-refractivity contribution is 0.338. The number of rotatable bonds is 6. The molecule has 0 radical (unpaired) electrons. The molecule has 0 saturated carbocycles. The highest BCUT2D eigenvalue weighted by Gasteiger charge is 2.08. The molecule has 1 aromatic carbocycles. The summed E-state index contributed by atoms with van der Waals surface area (Å²) in [6.45, 7) is 2.53. The lowest BCUT2D eigenvalue weighted by Gasteiger charge is -2.12. The lowest BCUT2D eigenvalue weighted by atomic mass is 10.1. The molecule has 0 aliphatic rings. The van der Waals surface area contributed by atoms with Crippen LogP contribution in [0.15, 0.2) is 47.6 Å². The van der Waals surface area contributed by atoms with E-state index in [1.807, 2.05) is 13.0 Å². The average molecular weight is 292 g/mol. The van der Waals surface area contributed by atoms with Crippen LogP contribution >= 0.6 is 11.8 Å². The van der Waals surface area contributed by atoms with Gasteiger partial charge in [-0.05, 0) is 42.8 Å². The van der Waals surface area contributed by atoms with E-state index in [1.165, 1.54) is 12.1 Å². The zero-order chi connectivity index (χ0) is 14.4. The number of hydrogen-bond donors (Lipinski definition) is 1. The standard InChI is InChI=1S/C15H17FN2OS/c1-2-19-13-7-11(8-18-9-13)15(17)10-20-14-5-3-12(16)4-6-14/h3-9,15H,2,10,17H2,1H3. The van der Waals surface area contributed by atoms with Crippen LogP contribution in [0, 0.1) is 5.82 Å². The Kier molecular flexibility index (Phi) is 5.38. The molecule has 0 bridgehead atoms. The van der Waals surface area contributed by atoms with Crippen LogP contribution in [-0.4, -0.2) is 17.3 Å². The molecule has 2 rings (SSSR count). The minimum Gasteiger partial charge on any atom is -0.492 e. The maximum atomic E-state index is 12.8. The number of nitrogens with two attached hydrogens (primary N) is 1. The van der Waals surface area contributed by atoms with Gasteiger partial charge in [0.25, 0.3) is 0 Å². The van der Waals surface area contributed by atoms with E-state index in [0.29, 0.717) is 12.4 Å². The maximum Gasteiger partial charge on any atom is 0.137 e. The van der Waals surface area contributed by atoms with Crippen molar-refractivity contribution < 1.29 is 9.13 Å². The van der Waals surface area contributed by atoms with Crippen LogP contribution in [0.2, 0.25) is 0 Å². The van der Waals surface area contributed by atoms with E-state index in [0.717, 1.165) is 16.2 Å².